The summed E-state index contributed by atoms with van der Waals surface area (Å²) in [6, 6.07) is 6.67. The Morgan fingerprint density at radius 2 is 2.05 bits per heavy atom. The Kier molecular flexibility index (Phi) is 4.32. The van der Waals surface area contributed by atoms with Gasteiger partial charge in [0.15, 0.2) is 0 Å². The van der Waals surface area contributed by atoms with Gasteiger partial charge in [-0.2, -0.15) is 0 Å². The Balaban J connectivity index is 2.07. The van der Waals surface area contributed by atoms with E-state index in [9.17, 15) is 18.0 Å². The number of amides is 2. The number of carbonyl (C=O) groups is 2. The van der Waals surface area contributed by atoms with E-state index >= 15 is 0 Å². The summed E-state index contributed by atoms with van der Waals surface area (Å²) in [7, 11) is -3.71. The van der Waals surface area contributed by atoms with Crippen molar-refractivity contribution in [2.24, 2.45) is 0 Å². The van der Waals surface area contributed by atoms with Crippen LogP contribution in [0.2, 0.25) is 0 Å². The molecule has 21 heavy (non-hydrogen) atoms. The van der Waals surface area contributed by atoms with E-state index in [1.165, 1.54) is 0 Å². The first-order chi connectivity index (χ1) is 9.80. The highest BCUT2D eigenvalue weighted by atomic mass is 32.2. The predicted octanol–water partition coefficient (Wildman–Crippen LogP) is 0.562. The monoisotopic (exact) mass is 310 g/mol. The van der Waals surface area contributed by atoms with E-state index in [4.69, 9.17) is 0 Å². The van der Waals surface area contributed by atoms with Gasteiger partial charge in [-0.15, -0.1) is 0 Å². The molecule has 114 valence electrons. The number of rotatable bonds is 4. The van der Waals surface area contributed by atoms with Crippen LogP contribution < -0.4 is 5.32 Å². The van der Waals surface area contributed by atoms with Gasteiger partial charge in [-0.05, 0) is 24.5 Å². The number of nitrogens with one attached hydrogen (secondary N) is 1. The van der Waals surface area contributed by atoms with Crippen molar-refractivity contribution in [3.63, 3.8) is 0 Å². The summed E-state index contributed by atoms with van der Waals surface area (Å²) in [5, 5.41) is 2.71. The molecule has 0 saturated carbocycles. The van der Waals surface area contributed by atoms with E-state index in [1.54, 1.807) is 0 Å². The molecule has 1 atom stereocenters. The van der Waals surface area contributed by atoms with Crippen LogP contribution >= 0.6 is 0 Å². The van der Waals surface area contributed by atoms with Crippen molar-refractivity contribution in [1.29, 1.82) is 0 Å². The summed E-state index contributed by atoms with van der Waals surface area (Å²) >= 11 is 0. The fourth-order valence-corrected chi connectivity index (χ4v) is 3.55. The van der Waals surface area contributed by atoms with Gasteiger partial charge in [-0.3, -0.25) is 9.59 Å². The molecule has 0 spiro atoms. The molecule has 0 radical (unpaired) electrons. The maximum absolute atomic E-state index is 12.2. The molecule has 6 nitrogen and oxygen atoms in total. The lowest BCUT2D eigenvalue weighted by Gasteiger charge is -2.21. The topological polar surface area (TPSA) is 83.6 Å². The van der Waals surface area contributed by atoms with Crippen molar-refractivity contribution >= 4 is 21.8 Å². The minimum atomic E-state index is -3.71. The minimum Gasteiger partial charge on any atom is -0.350 e. The van der Waals surface area contributed by atoms with Crippen LogP contribution in [0.25, 0.3) is 0 Å². The zero-order valence-corrected chi connectivity index (χ0v) is 12.8. The Bertz CT molecular complexity index is 669. The Hall–Kier alpha value is -1.89. The second kappa shape index (κ2) is 5.85. The summed E-state index contributed by atoms with van der Waals surface area (Å²) in [6.07, 6.45) is 1.25. The molecule has 0 aromatic heterocycles. The van der Waals surface area contributed by atoms with E-state index in [2.05, 4.69) is 5.32 Å². The molecule has 1 unspecified atom stereocenters. The van der Waals surface area contributed by atoms with Gasteiger partial charge in [-0.1, -0.05) is 24.3 Å². The lowest BCUT2D eigenvalue weighted by Crippen LogP contribution is -2.46. The van der Waals surface area contributed by atoms with Crippen LogP contribution in [0, 0.1) is 6.92 Å². The molecule has 1 saturated heterocycles. The fraction of sp³-hybridized carbons (Fsp3) is 0.429. The summed E-state index contributed by atoms with van der Waals surface area (Å²) in [5.74, 6) is -0.955. The second-order valence-electron chi connectivity index (χ2n) is 5.15. The second-order valence-corrected chi connectivity index (χ2v) is 7.01. The number of hydrogen-bond donors (Lipinski definition) is 1. The van der Waals surface area contributed by atoms with Crippen molar-refractivity contribution in [3.05, 3.63) is 35.4 Å². The molecule has 1 N–H and O–H groups in total. The number of benzene rings is 1. The van der Waals surface area contributed by atoms with Crippen molar-refractivity contribution < 1.29 is 18.0 Å². The van der Waals surface area contributed by atoms with E-state index in [0.29, 0.717) is 10.8 Å². The minimum absolute atomic E-state index is 0.0789. The molecule has 1 aliphatic rings. The normalized spacial score (nSPS) is 18.9. The molecule has 1 fully saturated rings. The Morgan fingerprint density at radius 3 is 2.67 bits per heavy atom. The van der Waals surface area contributed by atoms with Crippen molar-refractivity contribution in [1.82, 2.24) is 9.62 Å². The van der Waals surface area contributed by atoms with Gasteiger partial charge in [-0.25, -0.2) is 12.7 Å². The fourth-order valence-electron chi connectivity index (χ4n) is 2.42. The number of aryl methyl sites for hydroxylation is 1. The third kappa shape index (κ3) is 3.41. The summed E-state index contributed by atoms with van der Waals surface area (Å²) < 4.78 is 23.9. The molecule has 0 bridgehead atoms. The van der Waals surface area contributed by atoms with Gasteiger partial charge in [0.05, 0.1) is 6.26 Å². The summed E-state index contributed by atoms with van der Waals surface area (Å²) in [4.78, 5) is 23.8. The maximum Gasteiger partial charge on any atom is 0.244 e. The maximum atomic E-state index is 12.2. The SMILES string of the molecule is Cc1ccccc1CNC(=O)C1CCC(=O)N1S(C)(=O)=O. The average Bonchev–Trinajstić information content (AvgIpc) is 2.79. The quantitative estimate of drug-likeness (QED) is 0.881. The van der Waals surface area contributed by atoms with Crippen molar-refractivity contribution in [2.75, 3.05) is 6.26 Å². The van der Waals surface area contributed by atoms with Gasteiger partial charge in [0.1, 0.15) is 6.04 Å². The smallest absolute Gasteiger partial charge is 0.244 e. The molecule has 1 aromatic rings. The van der Waals surface area contributed by atoms with Gasteiger partial charge >= 0.3 is 0 Å². The van der Waals surface area contributed by atoms with Crippen LogP contribution in [-0.4, -0.2) is 36.8 Å². The zero-order chi connectivity index (χ0) is 15.6. The first kappa shape index (κ1) is 15.5. The van der Waals surface area contributed by atoms with Crippen molar-refractivity contribution in [2.45, 2.75) is 32.4 Å². The highest BCUT2D eigenvalue weighted by Crippen LogP contribution is 2.22. The van der Waals surface area contributed by atoms with Crippen molar-refractivity contribution in [3.8, 4) is 0 Å². The molecular formula is C14H18N2O4S. The van der Waals surface area contributed by atoms with E-state index in [-0.39, 0.29) is 12.8 Å². The third-order valence-electron chi connectivity index (χ3n) is 3.53. The third-order valence-corrected chi connectivity index (χ3v) is 4.71. The first-order valence-electron chi connectivity index (χ1n) is 6.65. The van der Waals surface area contributed by atoms with Gasteiger partial charge in [0.25, 0.3) is 0 Å². The highest BCUT2D eigenvalue weighted by molar-refractivity contribution is 7.89. The molecule has 0 aliphatic carbocycles. The average molecular weight is 310 g/mol. The van der Waals surface area contributed by atoms with Crippen LogP contribution in [-0.2, 0) is 26.2 Å². The first-order valence-corrected chi connectivity index (χ1v) is 8.50. The van der Waals surface area contributed by atoms with E-state index in [0.717, 1.165) is 17.4 Å². The highest BCUT2D eigenvalue weighted by Gasteiger charge is 2.41. The zero-order valence-electron chi connectivity index (χ0n) is 12.0. The number of carbonyl (C=O) groups excluding carboxylic acids is 2. The number of hydrogen-bond acceptors (Lipinski definition) is 4. The largest absolute Gasteiger partial charge is 0.350 e. The van der Waals surface area contributed by atoms with Crippen LogP contribution in [0.1, 0.15) is 24.0 Å². The molecule has 1 aromatic carbocycles. The summed E-state index contributed by atoms with van der Waals surface area (Å²) in [6.45, 7) is 2.25. The molecular weight excluding hydrogens is 292 g/mol. The van der Waals surface area contributed by atoms with Gasteiger partial charge in [0, 0.05) is 13.0 Å². The molecule has 1 aliphatic heterocycles. The van der Waals surface area contributed by atoms with Crippen LogP contribution in [0.4, 0.5) is 0 Å². The Morgan fingerprint density at radius 1 is 1.38 bits per heavy atom. The van der Waals surface area contributed by atoms with Crippen LogP contribution in [0.3, 0.4) is 0 Å². The van der Waals surface area contributed by atoms with Crippen LogP contribution in [0.15, 0.2) is 24.3 Å². The standard InChI is InChI=1S/C14H18N2O4S/c1-10-5-3-4-6-11(10)9-15-14(18)12-7-8-13(17)16(12)21(2,19)20/h3-6,12H,7-9H2,1-2H3,(H,15,18). The molecule has 2 amide bonds. The molecule has 1 heterocycles. The molecule has 7 heteroatoms. The Labute approximate surface area is 124 Å². The number of sulfonamides is 1. The van der Waals surface area contributed by atoms with E-state index in [1.807, 2.05) is 31.2 Å². The lowest BCUT2D eigenvalue weighted by atomic mass is 10.1. The van der Waals surface area contributed by atoms with Crippen LogP contribution in [0.5, 0.6) is 0 Å². The van der Waals surface area contributed by atoms with Gasteiger partial charge in [0.2, 0.25) is 21.8 Å². The molecule has 2 rings (SSSR count). The lowest BCUT2D eigenvalue weighted by molar-refractivity contribution is -0.130. The number of nitrogens with zero attached hydrogens (tertiary/aromatic N) is 1. The summed E-state index contributed by atoms with van der Waals surface area (Å²) in [5.41, 5.74) is 2.00. The van der Waals surface area contributed by atoms with E-state index < -0.39 is 27.9 Å². The van der Waals surface area contributed by atoms with Gasteiger partial charge < -0.3 is 5.32 Å². The predicted molar refractivity (Wildman–Crippen MR) is 77.7 cm³/mol.